The number of rotatable bonds is 5. The standard InChI is InChI=1S/C19H19ClN2O2/c20-16-5-1-13(2-6-16)12-19(24)21-10-9-14-3-7-17-15(11-14)4-8-18(23)22-17/h1-3,5-7,11H,4,8-10,12H2,(H,21,24)(H,22,23). The number of carbonyl (C=O) groups excluding carboxylic acids is 2. The van der Waals surface area contributed by atoms with Crippen molar-refractivity contribution in [3.63, 3.8) is 0 Å². The molecular formula is C19H19ClN2O2. The largest absolute Gasteiger partial charge is 0.355 e. The number of aryl methyl sites for hydroxylation is 1. The van der Waals surface area contributed by atoms with Gasteiger partial charge in [0.15, 0.2) is 0 Å². The van der Waals surface area contributed by atoms with Gasteiger partial charge in [-0.15, -0.1) is 0 Å². The molecule has 0 atom stereocenters. The zero-order valence-corrected chi connectivity index (χ0v) is 14.0. The molecule has 2 aromatic rings. The average Bonchev–Trinajstić information content (AvgIpc) is 2.57. The highest BCUT2D eigenvalue weighted by Crippen LogP contribution is 2.23. The molecule has 1 aliphatic heterocycles. The fourth-order valence-electron chi connectivity index (χ4n) is 2.79. The minimum absolute atomic E-state index is 0.00236. The van der Waals surface area contributed by atoms with Crippen LogP contribution in [0.25, 0.3) is 0 Å². The summed E-state index contributed by atoms with van der Waals surface area (Å²) in [7, 11) is 0. The van der Waals surface area contributed by atoms with Crippen LogP contribution in [0.15, 0.2) is 42.5 Å². The van der Waals surface area contributed by atoms with Crippen molar-refractivity contribution in [2.75, 3.05) is 11.9 Å². The predicted octanol–water partition coefficient (Wildman–Crippen LogP) is 3.13. The van der Waals surface area contributed by atoms with Crippen molar-refractivity contribution in [1.82, 2.24) is 5.32 Å². The highest BCUT2D eigenvalue weighted by atomic mass is 35.5. The van der Waals surface area contributed by atoms with E-state index >= 15 is 0 Å². The Bertz CT molecular complexity index is 756. The predicted molar refractivity (Wildman–Crippen MR) is 95.3 cm³/mol. The minimum Gasteiger partial charge on any atom is -0.355 e. The number of carbonyl (C=O) groups is 2. The molecule has 5 heteroatoms. The molecule has 4 nitrogen and oxygen atoms in total. The number of anilines is 1. The van der Waals surface area contributed by atoms with Gasteiger partial charge in [0.1, 0.15) is 0 Å². The summed E-state index contributed by atoms with van der Waals surface area (Å²) in [5.74, 6) is 0.0762. The summed E-state index contributed by atoms with van der Waals surface area (Å²) in [6.07, 6.45) is 2.44. The monoisotopic (exact) mass is 342 g/mol. The highest BCUT2D eigenvalue weighted by Gasteiger charge is 2.14. The lowest BCUT2D eigenvalue weighted by atomic mass is 9.99. The van der Waals surface area contributed by atoms with E-state index in [2.05, 4.69) is 16.7 Å². The summed E-state index contributed by atoms with van der Waals surface area (Å²) < 4.78 is 0. The smallest absolute Gasteiger partial charge is 0.224 e. The van der Waals surface area contributed by atoms with Crippen LogP contribution in [-0.4, -0.2) is 18.4 Å². The van der Waals surface area contributed by atoms with Crippen LogP contribution in [0.1, 0.15) is 23.1 Å². The Morgan fingerprint density at radius 2 is 1.83 bits per heavy atom. The Morgan fingerprint density at radius 1 is 1.08 bits per heavy atom. The molecule has 124 valence electrons. The van der Waals surface area contributed by atoms with E-state index in [1.54, 1.807) is 12.1 Å². The molecule has 0 aliphatic carbocycles. The first-order valence-electron chi connectivity index (χ1n) is 8.03. The summed E-state index contributed by atoms with van der Waals surface area (Å²) in [4.78, 5) is 23.3. The Hall–Kier alpha value is -2.33. The van der Waals surface area contributed by atoms with Crippen molar-refractivity contribution >= 4 is 29.1 Å². The van der Waals surface area contributed by atoms with E-state index < -0.39 is 0 Å². The third-order valence-corrected chi connectivity index (χ3v) is 4.33. The first-order valence-corrected chi connectivity index (χ1v) is 8.41. The van der Waals surface area contributed by atoms with E-state index in [1.807, 2.05) is 24.3 Å². The first kappa shape index (κ1) is 16.5. The summed E-state index contributed by atoms with van der Waals surface area (Å²) in [6, 6.07) is 13.3. The van der Waals surface area contributed by atoms with Gasteiger partial charge < -0.3 is 10.6 Å². The van der Waals surface area contributed by atoms with Gasteiger partial charge in [-0.1, -0.05) is 35.9 Å². The van der Waals surface area contributed by atoms with Crippen LogP contribution >= 0.6 is 11.6 Å². The van der Waals surface area contributed by atoms with Crippen molar-refractivity contribution in [3.05, 3.63) is 64.2 Å². The van der Waals surface area contributed by atoms with Gasteiger partial charge in [0.2, 0.25) is 11.8 Å². The molecule has 0 spiro atoms. The molecule has 24 heavy (non-hydrogen) atoms. The third-order valence-electron chi connectivity index (χ3n) is 4.08. The van der Waals surface area contributed by atoms with E-state index in [0.29, 0.717) is 24.4 Å². The lowest BCUT2D eigenvalue weighted by molar-refractivity contribution is -0.120. The zero-order valence-electron chi connectivity index (χ0n) is 13.3. The van der Waals surface area contributed by atoms with E-state index in [-0.39, 0.29) is 11.8 Å². The number of nitrogens with one attached hydrogen (secondary N) is 2. The van der Waals surface area contributed by atoms with Crippen LogP contribution in [0.4, 0.5) is 5.69 Å². The quantitative estimate of drug-likeness (QED) is 0.877. The van der Waals surface area contributed by atoms with Gasteiger partial charge in [-0.2, -0.15) is 0 Å². The SMILES string of the molecule is O=C(Cc1ccc(Cl)cc1)NCCc1ccc2c(c1)CCC(=O)N2. The molecule has 2 aromatic carbocycles. The topological polar surface area (TPSA) is 58.2 Å². The fraction of sp³-hybridized carbons (Fsp3) is 0.263. The van der Waals surface area contributed by atoms with Gasteiger partial charge in [-0.3, -0.25) is 9.59 Å². The molecule has 2 N–H and O–H groups in total. The molecule has 1 aliphatic rings. The molecule has 0 saturated carbocycles. The van der Waals surface area contributed by atoms with E-state index in [1.165, 1.54) is 5.56 Å². The number of halogens is 1. The average molecular weight is 343 g/mol. The lowest BCUT2D eigenvalue weighted by Crippen LogP contribution is -2.27. The zero-order chi connectivity index (χ0) is 16.9. The summed E-state index contributed by atoms with van der Waals surface area (Å²) in [5.41, 5.74) is 4.18. The fourth-order valence-corrected chi connectivity index (χ4v) is 2.91. The van der Waals surface area contributed by atoms with Gasteiger partial charge in [0.25, 0.3) is 0 Å². The lowest BCUT2D eigenvalue weighted by Gasteiger charge is -2.17. The maximum absolute atomic E-state index is 12.0. The molecule has 2 amide bonds. The Balaban J connectivity index is 1.48. The van der Waals surface area contributed by atoms with Gasteiger partial charge in [-0.25, -0.2) is 0 Å². The van der Waals surface area contributed by atoms with Crippen molar-refractivity contribution in [1.29, 1.82) is 0 Å². The molecule has 0 aromatic heterocycles. The Kier molecular flexibility index (Phi) is 5.16. The molecule has 0 unspecified atom stereocenters. The maximum atomic E-state index is 12.0. The van der Waals surface area contributed by atoms with Crippen LogP contribution in [0.3, 0.4) is 0 Å². The molecule has 0 fully saturated rings. The molecule has 0 radical (unpaired) electrons. The van der Waals surface area contributed by atoms with Crippen molar-refractivity contribution in [3.8, 4) is 0 Å². The molecule has 3 rings (SSSR count). The van der Waals surface area contributed by atoms with Crippen molar-refractivity contribution in [2.24, 2.45) is 0 Å². The highest BCUT2D eigenvalue weighted by molar-refractivity contribution is 6.30. The van der Waals surface area contributed by atoms with E-state index in [9.17, 15) is 9.59 Å². The van der Waals surface area contributed by atoms with E-state index in [0.717, 1.165) is 29.7 Å². The van der Waals surface area contributed by atoms with Crippen LogP contribution in [0, 0.1) is 0 Å². The first-order chi connectivity index (χ1) is 11.6. The second-order valence-electron chi connectivity index (χ2n) is 5.94. The molecule has 0 saturated heterocycles. The van der Waals surface area contributed by atoms with Crippen LogP contribution < -0.4 is 10.6 Å². The Labute approximate surface area is 146 Å². The summed E-state index contributed by atoms with van der Waals surface area (Å²) in [6.45, 7) is 0.595. The molecule has 0 bridgehead atoms. The summed E-state index contributed by atoms with van der Waals surface area (Å²) in [5, 5.41) is 6.48. The van der Waals surface area contributed by atoms with Gasteiger partial charge in [0.05, 0.1) is 6.42 Å². The van der Waals surface area contributed by atoms with E-state index in [4.69, 9.17) is 11.6 Å². The number of amides is 2. The Morgan fingerprint density at radius 3 is 2.62 bits per heavy atom. The van der Waals surface area contributed by atoms with Crippen molar-refractivity contribution in [2.45, 2.75) is 25.7 Å². The maximum Gasteiger partial charge on any atom is 0.224 e. The number of fused-ring (bicyclic) bond motifs is 1. The third kappa shape index (κ3) is 4.36. The second kappa shape index (κ2) is 7.49. The molecule has 1 heterocycles. The number of hydrogen-bond donors (Lipinski definition) is 2. The number of benzene rings is 2. The normalized spacial score (nSPS) is 13.1. The van der Waals surface area contributed by atoms with Crippen LogP contribution in [0.2, 0.25) is 5.02 Å². The van der Waals surface area contributed by atoms with Crippen LogP contribution in [0.5, 0.6) is 0 Å². The van der Waals surface area contributed by atoms with Gasteiger partial charge in [-0.05, 0) is 47.7 Å². The molecular weight excluding hydrogens is 324 g/mol. The van der Waals surface area contributed by atoms with Crippen LogP contribution in [-0.2, 0) is 28.9 Å². The van der Waals surface area contributed by atoms with Crippen molar-refractivity contribution < 1.29 is 9.59 Å². The second-order valence-corrected chi connectivity index (χ2v) is 6.38. The van der Waals surface area contributed by atoms with Gasteiger partial charge >= 0.3 is 0 Å². The minimum atomic E-state index is 0.00236. The number of hydrogen-bond acceptors (Lipinski definition) is 2. The van der Waals surface area contributed by atoms with Gasteiger partial charge in [0, 0.05) is 23.7 Å². The summed E-state index contributed by atoms with van der Waals surface area (Å²) >= 11 is 5.83.